The van der Waals surface area contributed by atoms with Gasteiger partial charge in [-0.05, 0) is 54.8 Å². The van der Waals surface area contributed by atoms with Gasteiger partial charge in [-0.15, -0.1) is 0 Å². The molecule has 208 valence electrons. The van der Waals surface area contributed by atoms with Crippen LogP contribution < -0.4 is 9.47 Å². The second-order valence-corrected chi connectivity index (χ2v) is 10.6. The Bertz CT molecular complexity index is 1500. The monoisotopic (exact) mass is 559 g/mol. The van der Waals surface area contributed by atoms with Crippen molar-refractivity contribution < 1.29 is 19.4 Å². The van der Waals surface area contributed by atoms with Crippen molar-refractivity contribution >= 4 is 17.5 Å². The summed E-state index contributed by atoms with van der Waals surface area (Å²) in [6.45, 7) is 5.23. The highest BCUT2D eigenvalue weighted by Crippen LogP contribution is 2.46. The van der Waals surface area contributed by atoms with Crippen LogP contribution in [0.3, 0.4) is 0 Å². The van der Waals surface area contributed by atoms with Gasteiger partial charge in [0.05, 0.1) is 19.8 Å². The number of phenols is 1. The number of hydrogen-bond donors (Lipinski definition) is 2. The Morgan fingerprint density at radius 2 is 1.82 bits per heavy atom. The van der Waals surface area contributed by atoms with Crippen molar-refractivity contribution in [2.24, 2.45) is 0 Å². The van der Waals surface area contributed by atoms with Gasteiger partial charge in [0.1, 0.15) is 17.1 Å². The van der Waals surface area contributed by atoms with E-state index in [-0.39, 0.29) is 11.7 Å². The fourth-order valence-electron chi connectivity index (χ4n) is 5.18. The SMILES string of the molecule is CCCCCCOc1ccc(C2c3c(-c4cc(Cl)ccc4O)n[nH]c3C(=O)N2Cc2ccc(C)cc2)cc1OC. The molecule has 1 aliphatic heterocycles. The topological polar surface area (TPSA) is 87.7 Å². The minimum Gasteiger partial charge on any atom is -0.507 e. The first kappa shape index (κ1) is 27.6. The molecular formula is C32H34ClN3O4. The van der Waals surface area contributed by atoms with E-state index in [0.717, 1.165) is 29.5 Å². The van der Waals surface area contributed by atoms with Crippen LogP contribution in [0.15, 0.2) is 60.7 Å². The number of methoxy groups -OCH3 is 1. The summed E-state index contributed by atoms with van der Waals surface area (Å²) < 4.78 is 11.8. The van der Waals surface area contributed by atoms with Crippen molar-refractivity contribution in [2.75, 3.05) is 13.7 Å². The van der Waals surface area contributed by atoms with Gasteiger partial charge in [-0.2, -0.15) is 5.10 Å². The second kappa shape index (κ2) is 12.0. The lowest BCUT2D eigenvalue weighted by atomic mass is 9.95. The third kappa shape index (κ3) is 5.52. The van der Waals surface area contributed by atoms with Crippen molar-refractivity contribution in [3.8, 4) is 28.5 Å². The average Bonchev–Trinajstić information content (AvgIpc) is 3.50. The van der Waals surface area contributed by atoms with Gasteiger partial charge in [-0.25, -0.2) is 0 Å². The molecule has 0 radical (unpaired) electrons. The lowest BCUT2D eigenvalue weighted by Crippen LogP contribution is -2.29. The molecule has 1 aromatic heterocycles. The number of carbonyl (C=O) groups is 1. The molecule has 0 spiro atoms. The van der Waals surface area contributed by atoms with E-state index < -0.39 is 6.04 Å². The van der Waals surface area contributed by atoms with Crippen molar-refractivity contribution in [3.05, 3.63) is 93.6 Å². The number of amides is 1. The quantitative estimate of drug-likeness (QED) is 0.186. The Hall–Kier alpha value is -3.97. The number of nitrogens with one attached hydrogen (secondary N) is 1. The summed E-state index contributed by atoms with van der Waals surface area (Å²) >= 11 is 6.29. The molecule has 0 saturated heterocycles. The number of H-pyrrole nitrogens is 1. The Balaban J connectivity index is 1.56. The minimum atomic E-state index is -0.483. The number of rotatable bonds is 11. The molecule has 1 amide bonds. The van der Waals surface area contributed by atoms with Crippen LogP contribution >= 0.6 is 11.6 Å². The first-order chi connectivity index (χ1) is 19.4. The fourth-order valence-corrected chi connectivity index (χ4v) is 5.36. The van der Waals surface area contributed by atoms with E-state index in [1.165, 1.54) is 18.9 Å². The summed E-state index contributed by atoms with van der Waals surface area (Å²) in [6.07, 6.45) is 4.45. The van der Waals surface area contributed by atoms with Crippen molar-refractivity contribution in [1.29, 1.82) is 0 Å². The molecule has 0 saturated carbocycles. The van der Waals surface area contributed by atoms with Crippen LogP contribution in [-0.4, -0.2) is 39.8 Å². The van der Waals surface area contributed by atoms with E-state index in [0.29, 0.717) is 52.2 Å². The molecule has 0 bridgehead atoms. The zero-order valence-corrected chi connectivity index (χ0v) is 23.8. The molecule has 0 fully saturated rings. The van der Waals surface area contributed by atoms with Gasteiger partial charge in [0, 0.05) is 22.7 Å². The highest BCUT2D eigenvalue weighted by Gasteiger charge is 2.42. The summed E-state index contributed by atoms with van der Waals surface area (Å²) in [6, 6.07) is 18.3. The van der Waals surface area contributed by atoms with Gasteiger partial charge in [0.25, 0.3) is 5.91 Å². The van der Waals surface area contributed by atoms with Gasteiger partial charge in [-0.3, -0.25) is 9.89 Å². The van der Waals surface area contributed by atoms with E-state index >= 15 is 0 Å². The Morgan fingerprint density at radius 3 is 2.58 bits per heavy atom. The summed E-state index contributed by atoms with van der Waals surface area (Å²) in [5.41, 5.74) is 5.02. The standard InChI is InChI=1S/C32H34ClN3O4/c1-4-5-6-7-16-40-26-15-12-22(17-27(26)39-3)31-28-29(24-18-23(33)13-14-25(24)37)34-35-30(28)32(38)36(31)19-21-10-8-20(2)9-11-21/h8-15,17-18,31,37H,4-7,16,19H2,1-3H3,(H,34,35). The number of hydrogen-bond acceptors (Lipinski definition) is 5. The minimum absolute atomic E-state index is 0.0336. The molecule has 7 nitrogen and oxygen atoms in total. The summed E-state index contributed by atoms with van der Waals surface area (Å²) in [5.74, 6) is 1.12. The molecule has 5 rings (SSSR count). The van der Waals surface area contributed by atoms with Gasteiger partial charge in [0.15, 0.2) is 11.5 Å². The van der Waals surface area contributed by atoms with Gasteiger partial charge in [-0.1, -0.05) is 73.7 Å². The number of aromatic hydroxyl groups is 1. The zero-order chi connectivity index (χ0) is 28.2. The van der Waals surface area contributed by atoms with E-state index in [1.807, 2.05) is 54.3 Å². The Kier molecular flexibility index (Phi) is 8.31. The predicted molar refractivity (Wildman–Crippen MR) is 156 cm³/mol. The number of benzene rings is 3. The maximum absolute atomic E-state index is 13.8. The van der Waals surface area contributed by atoms with Crippen LogP contribution in [0.1, 0.15) is 71.4 Å². The lowest BCUT2D eigenvalue weighted by Gasteiger charge is -2.27. The number of phenolic OH excluding ortho intramolecular Hbond substituents is 1. The number of halogens is 1. The molecule has 0 aliphatic carbocycles. The van der Waals surface area contributed by atoms with E-state index in [1.54, 1.807) is 19.2 Å². The number of unbranched alkanes of at least 4 members (excludes halogenated alkanes) is 3. The third-order valence-corrected chi connectivity index (χ3v) is 7.55. The van der Waals surface area contributed by atoms with Crippen LogP contribution in [0.25, 0.3) is 11.3 Å². The molecule has 3 aromatic carbocycles. The van der Waals surface area contributed by atoms with Crippen LogP contribution in [0.5, 0.6) is 17.2 Å². The maximum Gasteiger partial charge on any atom is 0.273 e. The highest BCUT2D eigenvalue weighted by atomic mass is 35.5. The fraction of sp³-hybridized carbons (Fsp3) is 0.312. The zero-order valence-electron chi connectivity index (χ0n) is 23.0. The third-order valence-electron chi connectivity index (χ3n) is 7.31. The number of aromatic amines is 1. The smallest absolute Gasteiger partial charge is 0.273 e. The number of aromatic nitrogens is 2. The van der Waals surface area contributed by atoms with Gasteiger partial charge in [0.2, 0.25) is 0 Å². The molecule has 2 N–H and O–H groups in total. The number of aryl methyl sites for hydroxylation is 1. The molecule has 40 heavy (non-hydrogen) atoms. The van der Waals surface area contributed by atoms with Crippen LogP contribution in [0.4, 0.5) is 0 Å². The maximum atomic E-state index is 13.8. The normalized spacial score (nSPS) is 14.4. The van der Waals surface area contributed by atoms with Crippen molar-refractivity contribution in [3.63, 3.8) is 0 Å². The molecule has 4 aromatic rings. The van der Waals surface area contributed by atoms with E-state index in [2.05, 4.69) is 17.1 Å². The van der Waals surface area contributed by atoms with Crippen LogP contribution in [-0.2, 0) is 6.54 Å². The second-order valence-electron chi connectivity index (χ2n) is 10.2. The molecule has 2 heterocycles. The first-order valence-electron chi connectivity index (χ1n) is 13.7. The summed E-state index contributed by atoms with van der Waals surface area (Å²) in [7, 11) is 1.62. The van der Waals surface area contributed by atoms with Crippen LogP contribution in [0, 0.1) is 6.92 Å². The highest BCUT2D eigenvalue weighted by molar-refractivity contribution is 6.31. The van der Waals surface area contributed by atoms with Gasteiger partial charge < -0.3 is 19.5 Å². The van der Waals surface area contributed by atoms with E-state index in [4.69, 9.17) is 21.1 Å². The van der Waals surface area contributed by atoms with E-state index in [9.17, 15) is 9.90 Å². The Morgan fingerprint density at radius 1 is 1.02 bits per heavy atom. The van der Waals surface area contributed by atoms with Gasteiger partial charge >= 0.3 is 0 Å². The lowest BCUT2D eigenvalue weighted by molar-refractivity contribution is 0.0730. The Labute approximate surface area is 239 Å². The molecule has 1 atom stereocenters. The number of nitrogens with zero attached hydrogens (tertiary/aromatic N) is 2. The predicted octanol–water partition coefficient (Wildman–Crippen LogP) is 7.46. The summed E-state index contributed by atoms with van der Waals surface area (Å²) in [5, 5.41) is 18.6. The summed E-state index contributed by atoms with van der Waals surface area (Å²) in [4.78, 5) is 15.6. The molecule has 1 unspecified atom stereocenters. The number of fused-ring (bicyclic) bond motifs is 1. The largest absolute Gasteiger partial charge is 0.507 e. The molecule has 8 heteroatoms. The number of carbonyl (C=O) groups excluding carboxylic acids is 1. The first-order valence-corrected chi connectivity index (χ1v) is 14.0. The average molecular weight is 560 g/mol. The molecular weight excluding hydrogens is 526 g/mol. The van der Waals surface area contributed by atoms with Crippen molar-refractivity contribution in [1.82, 2.24) is 15.1 Å². The van der Waals surface area contributed by atoms with Crippen LogP contribution in [0.2, 0.25) is 5.02 Å². The molecule has 1 aliphatic rings. The van der Waals surface area contributed by atoms with Crippen molar-refractivity contribution in [2.45, 2.75) is 52.1 Å². The number of ether oxygens (including phenoxy) is 2.